The van der Waals surface area contributed by atoms with Crippen molar-refractivity contribution in [1.29, 1.82) is 0 Å². The number of ketones is 1. The van der Waals surface area contributed by atoms with Crippen molar-refractivity contribution in [3.63, 3.8) is 0 Å². The smallest absolute Gasteiger partial charge is 0.216 e. The summed E-state index contributed by atoms with van der Waals surface area (Å²) < 4.78 is 23.3. The number of aromatic nitrogens is 1. The molecule has 34 heavy (non-hydrogen) atoms. The number of benzene rings is 1. The summed E-state index contributed by atoms with van der Waals surface area (Å²) in [5, 5.41) is 13.7. The van der Waals surface area contributed by atoms with Gasteiger partial charge in [0, 0.05) is 39.5 Å². The Labute approximate surface area is 198 Å². The van der Waals surface area contributed by atoms with Gasteiger partial charge in [0.15, 0.2) is 23.1 Å². The topological polar surface area (TPSA) is 101 Å². The van der Waals surface area contributed by atoms with E-state index in [1.165, 1.54) is 27.0 Å². The number of rotatable bonds is 6. The second kappa shape index (κ2) is 8.26. The predicted molar refractivity (Wildman–Crippen MR) is 129 cm³/mol. The lowest BCUT2D eigenvalue weighted by Gasteiger charge is -2.25. The Balaban J connectivity index is 1.74. The van der Waals surface area contributed by atoms with Gasteiger partial charge in [-0.1, -0.05) is 0 Å². The molecule has 1 aliphatic carbocycles. The number of halogens is 1. The molecule has 5 rings (SSSR count). The number of hydrogen-bond donors (Lipinski definition) is 2. The lowest BCUT2D eigenvalue weighted by Crippen LogP contribution is -2.29. The average Bonchev–Trinajstić information content (AvgIpc) is 3.40. The van der Waals surface area contributed by atoms with E-state index < -0.39 is 11.2 Å². The van der Waals surface area contributed by atoms with Gasteiger partial charge >= 0.3 is 0 Å². The van der Waals surface area contributed by atoms with Crippen molar-refractivity contribution in [2.24, 2.45) is 5.92 Å². The Morgan fingerprint density at radius 1 is 1.29 bits per heavy atom. The molecule has 0 bridgehead atoms. The molecule has 1 aromatic carbocycles. The number of nitrogens with one attached hydrogen (secondary N) is 1. The highest BCUT2D eigenvalue weighted by Crippen LogP contribution is 2.48. The Morgan fingerprint density at radius 2 is 2.03 bits per heavy atom. The highest BCUT2D eigenvalue weighted by atomic mass is 32.1. The van der Waals surface area contributed by atoms with E-state index in [-0.39, 0.29) is 50.8 Å². The maximum absolute atomic E-state index is 15.6. The maximum atomic E-state index is 15.6. The van der Waals surface area contributed by atoms with Crippen molar-refractivity contribution in [3.8, 4) is 11.5 Å². The van der Waals surface area contributed by atoms with E-state index in [1.54, 1.807) is 0 Å². The third-order valence-corrected chi connectivity index (χ3v) is 7.94. The van der Waals surface area contributed by atoms with Crippen LogP contribution in [0.5, 0.6) is 11.5 Å². The van der Waals surface area contributed by atoms with Crippen LogP contribution in [0.4, 0.5) is 10.1 Å². The number of Topliss-reactive ketones (excluding diaryl/α,β-unsaturated/α-hetero) is 1. The van der Waals surface area contributed by atoms with Crippen LogP contribution in [-0.2, 0) is 4.79 Å². The third kappa shape index (κ3) is 3.51. The molecule has 3 heterocycles. The normalized spacial score (nSPS) is 18.1. The molecule has 1 saturated carbocycles. The fourth-order valence-electron chi connectivity index (χ4n) is 4.94. The number of aromatic hydroxyl groups is 1. The number of methoxy groups -OCH3 is 1. The summed E-state index contributed by atoms with van der Waals surface area (Å²) in [5.41, 5.74) is 0.262. The fraction of sp³-hybridized carbons (Fsp3) is 0.458. The Morgan fingerprint density at radius 3 is 2.65 bits per heavy atom. The van der Waals surface area contributed by atoms with Crippen LogP contribution in [-0.4, -0.2) is 48.1 Å². The van der Waals surface area contributed by atoms with Gasteiger partial charge in [-0.05, 0) is 31.2 Å². The van der Waals surface area contributed by atoms with Gasteiger partial charge in [-0.2, -0.15) is 0 Å². The van der Waals surface area contributed by atoms with Gasteiger partial charge < -0.3 is 24.6 Å². The first-order valence-electron chi connectivity index (χ1n) is 11.3. The summed E-state index contributed by atoms with van der Waals surface area (Å²) in [6, 6.07) is 1.29. The molecule has 1 aliphatic heterocycles. The summed E-state index contributed by atoms with van der Waals surface area (Å²) in [7, 11) is 1.46. The number of pyridine rings is 1. The third-order valence-electron chi connectivity index (χ3n) is 6.66. The van der Waals surface area contributed by atoms with Gasteiger partial charge in [0.05, 0.1) is 18.0 Å². The molecule has 0 unspecified atom stereocenters. The number of thiophene rings is 1. The number of fused-ring (bicyclic) bond motifs is 2. The molecule has 0 spiro atoms. The Bertz CT molecular complexity index is 1410. The van der Waals surface area contributed by atoms with Crippen LogP contribution in [0, 0.1) is 11.7 Å². The van der Waals surface area contributed by atoms with Gasteiger partial charge in [-0.3, -0.25) is 14.4 Å². The molecular formula is C24H26FN3O5S. The van der Waals surface area contributed by atoms with Crippen LogP contribution in [0.2, 0.25) is 0 Å². The van der Waals surface area contributed by atoms with Crippen molar-refractivity contribution in [2.75, 3.05) is 31.6 Å². The molecule has 10 heteroatoms. The number of anilines is 1. The van der Waals surface area contributed by atoms with E-state index in [1.807, 2.05) is 9.47 Å². The van der Waals surface area contributed by atoms with Crippen LogP contribution < -0.4 is 20.4 Å². The first-order chi connectivity index (χ1) is 16.2. The zero-order valence-corrected chi connectivity index (χ0v) is 20.1. The van der Waals surface area contributed by atoms with Gasteiger partial charge in [-0.25, -0.2) is 4.39 Å². The van der Waals surface area contributed by atoms with E-state index >= 15 is 4.39 Å². The summed E-state index contributed by atoms with van der Waals surface area (Å²) >= 11 is 1.09. The van der Waals surface area contributed by atoms with E-state index in [0.717, 1.165) is 30.6 Å². The fourth-order valence-corrected chi connectivity index (χ4v) is 6.10. The highest BCUT2D eigenvalue weighted by molar-refractivity contribution is 7.21. The van der Waals surface area contributed by atoms with Gasteiger partial charge in [0.2, 0.25) is 11.3 Å². The van der Waals surface area contributed by atoms with Crippen molar-refractivity contribution in [3.05, 3.63) is 27.0 Å². The summed E-state index contributed by atoms with van der Waals surface area (Å²) in [6.45, 7) is 4.46. The minimum absolute atomic E-state index is 0.0559. The SMILES string of the molecule is COc1c(N2CC[C@@H](CNC(C)=O)C2)c(F)cc2c(=O)c3c(O)c(C(C)=O)sc3n(C3CC3)c12. The van der Waals surface area contributed by atoms with Crippen molar-refractivity contribution in [2.45, 2.75) is 39.2 Å². The van der Waals surface area contributed by atoms with E-state index in [0.29, 0.717) is 35.7 Å². The Hall–Kier alpha value is -3.14. The first kappa shape index (κ1) is 22.6. The zero-order valence-electron chi connectivity index (χ0n) is 19.2. The van der Waals surface area contributed by atoms with E-state index in [9.17, 15) is 19.5 Å². The highest BCUT2D eigenvalue weighted by Gasteiger charge is 2.35. The maximum Gasteiger partial charge on any atom is 0.216 e. The quantitative estimate of drug-likeness (QED) is 0.516. The zero-order chi connectivity index (χ0) is 24.3. The number of ether oxygens (including phenoxy) is 1. The molecule has 0 radical (unpaired) electrons. The van der Waals surface area contributed by atoms with Crippen molar-refractivity contribution < 1.29 is 23.8 Å². The molecule has 2 N–H and O–H groups in total. The molecule has 1 amide bonds. The van der Waals surface area contributed by atoms with Crippen LogP contribution in [0.1, 0.15) is 48.8 Å². The lowest BCUT2D eigenvalue weighted by molar-refractivity contribution is -0.119. The summed E-state index contributed by atoms with van der Waals surface area (Å²) in [4.78, 5) is 39.3. The largest absolute Gasteiger partial charge is 0.505 e. The molecule has 8 nitrogen and oxygen atoms in total. The Kier molecular flexibility index (Phi) is 5.50. The van der Waals surface area contributed by atoms with Crippen molar-refractivity contribution in [1.82, 2.24) is 9.88 Å². The molecule has 180 valence electrons. The lowest BCUT2D eigenvalue weighted by atomic mass is 10.1. The van der Waals surface area contributed by atoms with Gasteiger partial charge in [0.1, 0.15) is 20.8 Å². The molecule has 1 atom stereocenters. The minimum Gasteiger partial charge on any atom is -0.505 e. The predicted octanol–water partition coefficient (Wildman–Crippen LogP) is 3.57. The second-order valence-electron chi connectivity index (χ2n) is 9.12. The number of carbonyl (C=O) groups is 2. The molecule has 2 aromatic heterocycles. The molecule has 2 aliphatic rings. The number of hydrogen-bond acceptors (Lipinski definition) is 7. The van der Waals surface area contributed by atoms with Crippen LogP contribution in [0.15, 0.2) is 10.9 Å². The minimum atomic E-state index is -0.579. The standard InChI is InChI=1S/C24H26FN3O5S/c1-11(29)23-21(32)17-20(31)15-8-16(25)19(27-7-6-13(10-27)9-26-12(2)30)22(33-3)18(15)28(14-4-5-14)24(17)34-23/h8,13-14,32H,4-7,9-10H2,1-3H3,(H,26,30)/t13-/m0/s1. The van der Waals surface area contributed by atoms with Gasteiger partial charge in [-0.15, -0.1) is 11.3 Å². The monoisotopic (exact) mass is 487 g/mol. The van der Waals surface area contributed by atoms with Crippen molar-refractivity contribution >= 4 is 49.8 Å². The van der Waals surface area contributed by atoms with E-state index in [4.69, 9.17) is 4.74 Å². The molecule has 1 saturated heterocycles. The number of carbonyl (C=O) groups excluding carboxylic acids is 2. The number of nitrogens with zero attached hydrogens (tertiary/aromatic N) is 2. The molecule has 3 aromatic rings. The second-order valence-corrected chi connectivity index (χ2v) is 10.1. The number of amides is 1. The summed E-state index contributed by atoms with van der Waals surface area (Å²) in [6.07, 6.45) is 2.54. The van der Waals surface area contributed by atoms with E-state index in [2.05, 4.69) is 5.32 Å². The molecular weight excluding hydrogens is 461 g/mol. The van der Waals surface area contributed by atoms with Crippen LogP contribution in [0.25, 0.3) is 21.1 Å². The average molecular weight is 488 g/mol. The molecule has 2 fully saturated rings. The first-order valence-corrected chi connectivity index (χ1v) is 12.1. The van der Waals surface area contributed by atoms with Crippen LogP contribution in [0.3, 0.4) is 0 Å². The summed E-state index contributed by atoms with van der Waals surface area (Å²) in [5.74, 6) is -0.898. The van der Waals surface area contributed by atoms with Gasteiger partial charge in [0.25, 0.3) is 0 Å². The van der Waals surface area contributed by atoms with Crippen LogP contribution >= 0.6 is 11.3 Å².